The van der Waals surface area contributed by atoms with Gasteiger partial charge >= 0.3 is 6.18 Å². The van der Waals surface area contributed by atoms with Gasteiger partial charge in [-0.15, -0.1) is 0 Å². The van der Waals surface area contributed by atoms with Gasteiger partial charge in [-0.3, -0.25) is 4.79 Å². The summed E-state index contributed by atoms with van der Waals surface area (Å²) in [4.78, 5) is 10.6. The fourth-order valence-electron chi connectivity index (χ4n) is 1.04. The lowest BCUT2D eigenvalue weighted by atomic mass is 10.1. The number of nitriles is 1. The highest BCUT2D eigenvalue weighted by Crippen LogP contribution is 2.19. The molecule has 0 bridgehead atoms. The summed E-state index contributed by atoms with van der Waals surface area (Å²) in [5.41, 5.74) is 0.429. The number of alkyl halides is 3. The second-order valence-electron chi connectivity index (χ2n) is 2.91. The Labute approximate surface area is 83.9 Å². The number of benzene rings is 1. The Morgan fingerprint density at radius 1 is 1.40 bits per heavy atom. The summed E-state index contributed by atoms with van der Waals surface area (Å²) >= 11 is 0. The summed E-state index contributed by atoms with van der Waals surface area (Å²) in [6.45, 7) is 0. The molecule has 0 N–H and O–H groups in total. The minimum Gasteiger partial charge on any atom is -0.289 e. The van der Waals surface area contributed by atoms with Gasteiger partial charge in [0.15, 0.2) is 0 Å². The van der Waals surface area contributed by atoms with E-state index in [1.54, 1.807) is 6.07 Å². The summed E-state index contributed by atoms with van der Waals surface area (Å²) in [5.74, 6) is -1.81. The van der Waals surface area contributed by atoms with Crippen molar-refractivity contribution in [3.05, 3.63) is 35.4 Å². The number of Topliss-reactive ketones (excluding diaryl/α,β-unsaturated/α-hetero) is 1. The fraction of sp³-hybridized carbons (Fsp3) is 0.200. The van der Waals surface area contributed by atoms with Gasteiger partial charge in [0.25, 0.3) is 0 Å². The lowest BCUT2D eigenvalue weighted by Crippen LogP contribution is -2.24. The molecule has 1 aromatic carbocycles. The molecule has 0 aliphatic carbocycles. The van der Waals surface area contributed by atoms with Crippen molar-refractivity contribution < 1.29 is 18.0 Å². The molecule has 0 aliphatic rings. The molecule has 1 rings (SSSR count). The number of carbonyl (C=O) groups excluding carboxylic acids is 1. The second-order valence-corrected chi connectivity index (χ2v) is 2.91. The van der Waals surface area contributed by atoms with E-state index in [1.807, 2.05) is 0 Å². The zero-order chi connectivity index (χ0) is 11.5. The average Bonchev–Trinajstić information content (AvgIpc) is 2.16. The molecule has 15 heavy (non-hydrogen) atoms. The smallest absolute Gasteiger partial charge is 0.289 e. The number of hydrogen-bond acceptors (Lipinski definition) is 2. The summed E-state index contributed by atoms with van der Waals surface area (Å²) in [6.07, 6.45) is -5.54. The predicted octanol–water partition coefficient (Wildman–Crippen LogP) is 2.23. The van der Waals surface area contributed by atoms with Gasteiger partial charge < -0.3 is 0 Å². The maximum absolute atomic E-state index is 11.9. The second kappa shape index (κ2) is 4.13. The Bertz CT molecular complexity index is 417. The highest BCUT2D eigenvalue weighted by atomic mass is 19.4. The Kier molecular flexibility index (Phi) is 3.10. The SMILES string of the molecule is N#Cc1cccc(CC(=O)C(F)(F)F)c1. The fourth-order valence-corrected chi connectivity index (χ4v) is 1.04. The van der Waals surface area contributed by atoms with Crippen molar-refractivity contribution in [2.24, 2.45) is 0 Å². The number of rotatable bonds is 2. The quantitative estimate of drug-likeness (QED) is 0.755. The van der Waals surface area contributed by atoms with Crippen molar-refractivity contribution in [1.29, 1.82) is 5.26 Å². The Balaban J connectivity index is 2.83. The maximum atomic E-state index is 11.9. The van der Waals surface area contributed by atoms with Gasteiger partial charge in [0.1, 0.15) is 0 Å². The molecular weight excluding hydrogens is 207 g/mol. The largest absolute Gasteiger partial charge is 0.450 e. The molecule has 1 aromatic rings. The summed E-state index contributed by atoms with van der Waals surface area (Å²) < 4.78 is 35.7. The van der Waals surface area contributed by atoms with E-state index in [1.165, 1.54) is 24.3 Å². The number of halogens is 3. The van der Waals surface area contributed by atoms with E-state index in [0.717, 1.165) is 0 Å². The first-order valence-electron chi connectivity index (χ1n) is 4.02. The van der Waals surface area contributed by atoms with E-state index < -0.39 is 18.4 Å². The van der Waals surface area contributed by atoms with Crippen LogP contribution in [0.1, 0.15) is 11.1 Å². The minimum absolute atomic E-state index is 0.191. The zero-order valence-electron chi connectivity index (χ0n) is 7.51. The van der Waals surface area contributed by atoms with Crippen molar-refractivity contribution in [1.82, 2.24) is 0 Å². The van der Waals surface area contributed by atoms with Crippen LogP contribution in [0, 0.1) is 11.3 Å². The molecule has 0 aromatic heterocycles. The van der Waals surface area contributed by atoms with Gasteiger partial charge in [-0.25, -0.2) is 0 Å². The van der Waals surface area contributed by atoms with Crippen LogP contribution in [0.25, 0.3) is 0 Å². The van der Waals surface area contributed by atoms with Crippen LogP contribution in [0.3, 0.4) is 0 Å². The highest BCUT2D eigenvalue weighted by molar-refractivity contribution is 5.86. The normalized spacial score (nSPS) is 10.8. The number of carbonyl (C=O) groups is 1. The van der Waals surface area contributed by atoms with Gasteiger partial charge in [0.2, 0.25) is 5.78 Å². The Morgan fingerprint density at radius 3 is 2.60 bits per heavy atom. The van der Waals surface area contributed by atoms with Crippen molar-refractivity contribution >= 4 is 5.78 Å². The molecule has 0 amide bonds. The molecule has 0 spiro atoms. The molecule has 0 unspecified atom stereocenters. The number of ketones is 1. The molecule has 0 fully saturated rings. The summed E-state index contributed by atoms with van der Waals surface area (Å²) in [5, 5.41) is 8.50. The summed E-state index contributed by atoms with van der Waals surface area (Å²) in [7, 11) is 0. The lowest BCUT2D eigenvalue weighted by Gasteiger charge is -2.04. The van der Waals surface area contributed by atoms with Crippen LogP contribution >= 0.6 is 0 Å². The Hall–Kier alpha value is -1.83. The molecule has 0 aliphatic heterocycles. The molecule has 0 saturated heterocycles. The number of hydrogen-bond donors (Lipinski definition) is 0. The first-order chi connectivity index (χ1) is 6.93. The molecule has 0 saturated carbocycles. The molecule has 2 nitrogen and oxygen atoms in total. The van der Waals surface area contributed by atoms with Crippen LogP contribution in [0.2, 0.25) is 0 Å². The Morgan fingerprint density at radius 2 is 2.07 bits per heavy atom. The van der Waals surface area contributed by atoms with Gasteiger partial charge in [-0.05, 0) is 17.7 Å². The van der Waals surface area contributed by atoms with Crippen LogP contribution < -0.4 is 0 Å². The van der Waals surface area contributed by atoms with E-state index in [-0.39, 0.29) is 11.1 Å². The minimum atomic E-state index is -4.82. The molecule has 0 heterocycles. The van der Waals surface area contributed by atoms with Crippen molar-refractivity contribution in [2.45, 2.75) is 12.6 Å². The standard InChI is InChI=1S/C10H6F3NO/c11-10(12,13)9(15)5-7-2-1-3-8(4-7)6-14/h1-4H,5H2. The molecular formula is C10H6F3NO. The third-order valence-corrected chi connectivity index (χ3v) is 1.74. The average molecular weight is 213 g/mol. The first-order valence-corrected chi connectivity index (χ1v) is 4.02. The van der Waals surface area contributed by atoms with Crippen molar-refractivity contribution in [3.63, 3.8) is 0 Å². The molecule has 0 atom stereocenters. The van der Waals surface area contributed by atoms with E-state index in [2.05, 4.69) is 0 Å². The van der Waals surface area contributed by atoms with Crippen molar-refractivity contribution in [3.8, 4) is 6.07 Å². The highest BCUT2D eigenvalue weighted by Gasteiger charge is 2.37. The van der Waals surface area contributed by atoms with E-state index in [4.69, 9.17) is 5.26 Å². The molecule has 5 heteroatoms. The topological polar surface area (TPSA) is 40.9 Å². The predicted molar refractivity (Wildman–Crippen MR) is 45.9 cm³/mol. The molecule has 0 radical (unpaired) electrons. The van der Waals surface area contributed by atoms with E-state index in [9.17, 15) is 18.0 Å². The third-order valence-electron chi connectivity index (χ3n) is 1.74. The number of nitrogens with zero attached hydrogens (tertiary/aromatic N) is 1. The van der Waals surface area contributed by atoms with Gasteiger partial charge in [0, 0.05) is 6.42 Å². The van der Waals surface area contributed by atoms with Gasteiger partial charge in [-0.2, -0.15) is 18.4 Å². The monoisotopic (exact) mass is 213 g/mol. The maximum Gasteiger partial charge on any atom is 0.450 e. The third kappa shape index (κ3) is 3.09. The summed E-state index contributed by atoms with van der Waals surface area (Å²) in [6, 6.07) is 7.34. The van der Waals surface area contributed by atoms with Gasteiger partial charge in [0.05, 0.1) is 11.6 Å². The first kappa shape index (κ1) is 11.2. The van der Waals surface area contributed by atoms with E-state index >= 15 is 0 Å². The zero-order valence-corrected chi connectivity index (χ0v) is 7.51. The van der Waals surface area contributed by atoms with Crippen LogP contribution in [-0.4, -0.2) is 12.0 Å². The lowest BCUT2D eigenvalue weighted by molar-refractivity contribution is -0.170. The van der Waals surface area contributed by atoms with Crippen LogP contribution in [-0.2, 0) is 11.2 Å². The van der Waals surface area contributed by atoms with Crippen LogP contribution in [0.4, 0.5) is 13.2 Å². The van der Waals surface area contributed by atoms with Crippen LogP contribution in [0.5, 0.6) is 0 Å². The van der Waals surface area contributed by atoms with Crippen molar-refractivity contribution in [2.75, 3.05) is 0 Å². The molecule has 78 valence electrons. The van der Waals surface area contributed by atoms with Gasteiger partial charge in [-0.1, -0.05) is 12.1 Å². The van der Waals surface area contributed by atoms with E-state index in [0.29, 0.717) is 0 Å². The van der Waals surface area contributed by atoms with Crippen LogP contribution in [0.15, 0.2) is 24.3 Å².